The Kier molecular flexibility index (Phi) is 7.77. The molecule has 32 heavy (non-hydrogen) atoms. The van der Waals surface area contributed by atoms with Crippen LogP contribution in [0.4, 0.5) is 0 Å². The average Bonchev–Trinajstić information content (AvgIpc) is 3.57. The van der Waals surface area contributed by atoms with Crippen LogP contribution in [0.2, 0.25) is 0 Å². The Labute approximate surface area is 190 Å². The van der Waals surface area contributed by atoms with Gasteiger partial charge in [-0.25, -0.2) is 0 Å². The zero-order valence-corrected chi connectivity index (χ0v) is 19.2. The first kappa shape index (κ1) is 22.3. The minimum Gasteiger partial charge on any atom is -0.376 e. The van der Waals surface area contributed by atoms with Gasteiger partial charge in [-0.2, -0.15) is 0 Å². The minimum atomic E-state index is 0.221. The summed E-state index contributed by atoms with van der Waals surface area (Å²) in [7, 11) is 0. The molecule has 2 N–H and O–H groups in total. The van der Waals surface area contributed by atoms with Crippen molar-refractivity contribution in [3.8, 4) is 0 Å². The summed E-state index contributed by atoms with van der Waals surface area (Å²) in [5, 5.41) is 16.5. The molecule has 0 radical (unpaired) electrons. The summed E-state index contributed by atoms with van der Waals surface area (Å²) in [5.41, 5.74) is 1.28. The summed E-state index contributed by atoms with van der Waals surface area (Å²) in [6, 6.07) is 10.9. The fraction of sp³-hybridized carbons (Fsp3) is 0.542. The molecule has 3 aromatic rings. The molecule has 0 amide bonds. The molecule has 0 bridgehead atoms. The van der Waals surface area contributed by atoms with Crippen LogP contribution in [0, 0.1) is 0 Å². The summed E-state index contributed by atoms with van der Waals surface area (Å²) < 4.78 is 10.2. The van der Waals surface area contributed by atoms with E-state index in [1.54, 1.807) is 6.33 Å². The lowest BCUT2D eigenvalue weighted by Crippen LogP contribution is -2.47. The molecule has 1 aliphatic rings. The molecule has 4 rings (SSSR count). The number of aromatic nitrogens is 4. The van der Waals surface area contributed by atoms with Crippen LogP contribution in [0.25, 0.3) is 10.9 Å². The van der Waals surface area contributed by atoms with Crippen molar-refractivity contribution in [2.24, 2.45) is 4.99 Å². The standard InChI is InChI=1S/C24H35N7O/c1-3-23-29-27-18-31(23)16-13-26-24(28-19(2)22-10-6-17-32-22)25-12-7-14-30-15-11-20-8-4-5-9-21(20)30/h4-5,8-9,11,15,18-19,22H,3,6-7,10,12-14,16-17H2,1-2H3,(H2,25,26,28). The average molecular weight is 438 g/mol. The van der Waals surface area contributed by atoms with Crippen molar-refractivity contribution < 1.29 is 4.74 Å². The van der Waals surface area contributed by atoms with Crippen molar-refractivity contribution in [1.29, 1.82) is 0 Å². The van der Waals surface area contributed by atoms with E-state index in [9.17, 15) is 0 Å². The molecule has 1 saturated heterocycles. The van der Waals surface area contributed by atoms with Crippen molar-refractivity contribution in [3.63, 3.8) is 0 Å². The van der Waals surface area contributed by atoms with Crippen LogP contribution in [0.1, 0.15) is 38.9 Å². The van der Waals surface area contributed by atoms with Gasteiger partial charge in [-0.05, 0) is 43.7 Å². The normalized spacial score (nSPS) is 17.7. The van der Waals surface area contributed by atoms with E-state index in [0.717, 1.165) is 70.3 Å². The Morgan fingerprint density at radius 2 is 2.16 bits per heavy atom. The van der Waals surface area contributed by atoms with E-state index >= 15 is 0 Å². The highest BCUT2D eigenvalue weighted by Gasteiger charge is 2.23. The fourth-order valence-corrected chi connectivity index (χ4v) is 4.26. The van der Waals surface area contributed by atoms with Gasteiger partial charge in [0.05, 0.1) is 12.1 Å². The predicted octanol–water partition coefficient (Wildman–Crippen LogP) is 2.99. The highest BCUT2D eigenvalue weighted by atomic mass is 16.5. The van der Waals surface area contributed by atoms with Crippen molar-refractivity contribution in [2.45, 2.75) is 64.8 Å². The molecule has 1 aliphatic heterocycles. The second-order valence-corrected chi connectivity index (χ2v) is 8.36. The maximum absolute atomic E-state index is 5.86. The highest BCUT2D eigenvalue weighted by Crippen LogP contribution is 2.16. The summed E-state index contributed by atoms with van der Waals surface area (Å²) in [4.78, 5) is 4.86. The fourth-order valence-electron chi connectivity index (χ4n) is 4.26. The lowest BCUT2D eigenvalue weighted by Gasteiger charge is -2.23. The number of nitrogens with one attached hydrogen (secondary N) is 2. The topological polar surface area (TPSA) is 81.3 Å². The molecule has 0 saturated carbocycles. The predicted molar refractivity (Wildman–Crippen MR) is 128 cm³/mol. The van der Waals surface area contributed by atoms with E-state index in [0.29, 0.717) is 0 Å². The van der Waals surface area contributed by atoms with E-state index in [2.05, 4.69) is 80.3 Å². The molecule has 0 spiro atoms. The van der Waals surface area contributed by atoms with E-state index < -0.39 is 0 Å². The second-order valence-electron chi connectivity index (χ2n) is 8.36. The van der Waals surface area contributed by atoms with Crippen LogP contribution in [0.5, 0.6) is 0 Å². The van der Waals surface area contributed by atoms with E-state index in [4.69, 9.17) is 9.73 Å². The van der Waals surface area contributed by atoms with Gasteiger partial charge in [0.25, 0.3) is 0 Å². The van der Waals surface area contributed by atoms with E-state index in [1.807, 2.05) is 0 Å². The number of guanidine groups is 1. The van der Waals surface area contributed by atoms with Gasteiger partial charge in [0.15, 0.2) is 5.96 Å². The van der Waals surface area contributed by atoms with Crippen LogP contribution < -0.4 is 10.6 Å². The first-order valence-electron chi connectivity index (χ1n) is 11.8. The number of hydrogen-bond acceptors (Lipinski definition) is 4. The van der Waals surface area contributed by atoms with Gasteiger partial charge in [-0.3, -0.25) is 4.99 Å². The van der Waals surface area contributed by atoms with Crippen molar-refractivity contribution >= 4 is 16.9 Å². The Balaban J connectivity index is 1.32. The number of ether oxygens (including phenoxy) is 1. The molecule has 172 valence electrons. The van der Waals surface area contributed by atoms with Crippen molar-refractivity contribution in [2.75, 3.05) is 19.7 Å². The van der Waals surface area contributed by atoms with Crippen LogP contribution in [-0.4, -0.2) is 57.1 Å². The number of benzene rings is 1. The number of aliphatic imine (C=N–C) groups is 1. The molecule has 1 fully saturated rings. The Morgan fingerprint density at radius 3 is 3.00 bits per heavy atom. The maximum Gasteiger partial charge on any atom is 0.191 e. The molecule has 2 aromatic heterocycles. The summed E-state index contributed by atoms with van der Waals surface area (Å²) >= 11 is 0. The SMILES string of the molecule is CCc1nncn1CCNC(=NCCCn1ccc2ccccc21)NC(C)C1CCCO1. The smallest absolute Gasteiger partial charge is 0.191 e. The maximum atomic E-state index is 5.86. The molecular weight excluding hydrogens is 402 g/mol. The highest BCUT2D eigenvalue weighted by molar-refractivity contribution is 5.80. The largest absolute Gasteiger partial charge is 0.376 e. The Hall–Kier alpha value is -2.87. The Morgan fingerprint density at radius 1 is 1.25 bits per heavy atom. The monoisotopic (exact) mass is 437 g/mol. The first-order valence-corrected chi connectivity index (χ1v) is 11.8. The van der Waals surface area contributed by atoms with Gasteiger partial charge >= 0.3 is 0 Å². The molecule has 2 atom stereocenters. The summed E-state index contributed by atoms with van der Waals surface area (Å²) in [6.07, 6.45) is 8.29. The van der Waals surface area contributed by atoms with Gasteiger partial charge in [0, 0.05) is 50.9 Å². The number of fused-ring (bicyclic) bond motifs is 1. The van der Waals surface area contributed by atoms with Gasteiger partial charge in [0.1, 0.15) is 12.2 Å². The zero-order valence-electron chi connectivity index (χ0n) is 19.2. The van der Waals surface area contributed by atoms with Crippen LogP contribution in [0.3, 0.4) is 0 Å². The van der Waals surface area contributed by atoms with E-state index in [1.165, 1.54) is 10.9 Å². The molecule has 2 unspecified atom stereocenters. The second kappa shape index (κ2) is 11.1. The van der Waals surface area contributed by atoms with Gasteiger partial charge < -0.3 is 24.5 Å². The molecule has 0 aliphatic carbocycles. The Bertz CT molecular complexity index is 1000. The number of nitrogens with zero attached hydrogens (tertiary/aromatic N) is 5. The number of hydrogen-bond donors (Lipinski definition) is 2. The number of aryl methyl sites for hydroxylation is 2. The lowest BCUT2D eigenvalue weighted by atomic mass is 10.1. The quantitative estimate of drug-likeness (QED) is 0.290. The van der Waals surface area contributed by atoms with Crippen LogP contribution >= 0.6 is 0 Å². The summed E-state index contributed by atoms with van der Waals surface area (Å²) in [6.45, 7) is 8.40. The minimum absolute atomic E-state index is 0.221. The molecule has 8 heteroatoms. The zero-order chi connectivity index (χ0) is 22.2. The molecular formula is C24H35N7O. The molecule has 1 aromatic carbocycles. The number of rotatable bonds is 10. The third-order valence-electron chi connectivity index (χ3n) is 6.05. The first-order chi connectivity index (χ1) is 15.7. The van der Waals surface area contributed by atoms with Gasteiger partial charge in [-0.1, -0.05) is 25.1 Å². The van der Waals surface area contributed by atoms with E-state index in [-0.39, 0.29) is 12.1 Å². The third kappa shape index (κ3) is 5.68. The van der Waals surface area contributed by atoms with Crippen molar-refractivity contribution in [3.05, 3.63) is 48.7 Å². The van der Waals surface area contributed by atoms with Gasteiger partial charge in [0.2, 0.25) is 0 Å². The van der Waals surface area contributed by atoms with Crippen LogP contribution in [-0.2, 0) is 24.2 Å². The van der Waals surface area contributed by atoms with Gasteiger partial charge in [-0.15, -0.1) is 10.2 Å². The molecule has 3 heterocycles. The third-order valence-corrected chi connectivity index (χ3v) is 6.05. The van der Waals surface area contributed by atoms with Crippen molar-refractivity contribution in [1.82, 2.24) is 30.0 Å². The summed E-state index contributed by atoms with van der Waals surface area (Å²) in [5.74, 6) is 1.85. The lowest BCUT2D eigenvalue weighted by molar-refractivity contribution is 0.0890. The number of para-hydroxylation sites is 1. The van der Waals surface area contributed by atoms with Crippen LogP contribution in [0.15, 0.2) is 47.8 Å². The molecule has 8 nitrogen and oxygen atoms in total.